The van der Waals surface area contributed by atoms with Crippen molar-refractivity contribution in [2.45, 2.75) is 13.0 Å². The summed E-state index contributed by atoms with van der Waals surface area (Å²) >= 11 is 0. The molecule has 0 bridgehead atoms. The second-order valence-corrected chi connectivity index (χ2v) is 3.42. The number of carbonyl (C=O) groups is 1. The summed E-state index contributed by atoms with van der Waals surface area (Å²) in [6, 6.07) is 5.22. The number of aromatic hydroxyl groups is 1. The maximum atomic E-state index is 10.9. The van der Waals surface area contributed by atoms with Crippen molar-refractivity contribution in [3.8, 4) is 5.75 Å². The quantitative estimate of drug-likeness (QED) is 0.623. The van der Waals surface area contributed by atoms with Gasteiger partial charge in [0.2, 0.25) is 0 Å². The highest BCUT2D eigenvalue weighted by atomic mass is 16.3. The van der Waals surface area contributed by atoms with Gasteiger partial charge in [0.15, 0.2) is 0 Å². The van der Waals surface area contributed by atoms with Gasteiger partial charge in [-0.2, -0.15) is 0 Å². The zero-order valence-corrected chi connectivity index (χ0v) is 7.87. The molecule has 1 aromatic carbocycles. The average molecular weight is 192 g/mol. The molecule has 0 saturated carbocycles. The molecule has 0 spiro atoms. The third kappa shape index (κ3) is 1.39. The lowest BCUT2D eigenvalue weighted by molar-refractivity contribution is 0.247. The predicted molar refractivity (Wildman–Crippen MR) is 52.1 cm³/mol. The van der Waals surface area contributed by atoms with Crippen molar-refractivity contribution >= 4 is 6.03 Å². The van der Waals surface area contributed by atoms with Gasteiger partial charge >= 0.3 is 6.03 Å². The van der Waals surface area contributed by atoms with Gasteiger partial charge in [-0.3, -0.25) is 0 Å². The molecule has 4 nitrogen and oxygen atoms in total. The monoisotopic (exact) mass is 192 g/mol. The van der Waals surface area contributed by atoms with Crippen LogP contribution in [0.15, 0.2) is 18.2 Å². The summed E-state index contributed by atoms with van der Waals surface area (Å²) in [5.74, 6) is 0.265. The number of amides is 2. The minimum Gasteiger partial charge on any atom is -0.507 e. The first kappa shape index (κ1) is 8.87. The van der Waals surface area contributed by atoms with Gasteiger partial charge in [0.05, 0.1) is 6.04 Å². The number of hydrogen-bond donors (Lipinski definition) is 3. The molecule has 1 aromatic rings. The molecule has 0 unspecified atom stereocenters. The molecule has 4 heteroatoms. The molecule has 1 aliphatic heterocycles. The second-order valence-electron chi connectivity index (χ2n) is 3.42. The number of aryl methyl sites for hydroxylation is 1. The molecule has 0 radical (unpaired) electrons. The van der Waals surface area contributed by atoms with Gasteiger partial charge in [0, 0.05) is 12.1 Å². The second kappa shape index (κ2) is 3.21. The highest BCUT2D eigenvalue weighted by molar-refractivity contribution is 5.77. The minimum absolute atomic E-state index is 0.123. The minimum atomic E-state index is -0.184. The normalized spacial score (nSPS) is 20.4. The van der Waals surface area contributed by atoms with Crippen LogP contribution in [0.5, 0.6) is 5.75 Å². The van der Waals surface area contributed by atoms with Crippen molar-refractivity contribution in [2.24, 2.45) is 0 Å². The van der Waals surface area contributed by atoms with Crippen LogP contribution in [-0.2, 0) is 0 Å². The topological polar surface area (TPSA) is 61.4 Å². The van der Waals surface area contributed by atoms with Crippen LogP contribution in [0, 0.1) is 6.92 Å². The molecule has 74 valence electrons. The van der Waals surface area contributed by atoms with Crippen LogP contribution in [0.25, 0.3) is 0 Å². The first-order chi connectivity index (χ1) is 6.68. The molecule has 1 atom stereocenters. The van der Waals surface area contributed by atoms with E-state index in [0.29, 0.717) is 6.54 Å². The largest absolute Gasteiger partial charge is 0.507 e. The van der Waals surface area contributed by atoms with Crippen LogP contribution in [0.1, 0.15) is 17.2 Å². The van der Waals surface area contributed by atoms with Crippen LogP contribution in [0.2, 0.25) is 0 Å². The lowest BCUT2D eigenvalue weighted by Gasteiger charge is -2.12. The van der Waals surface area contributed by atoms with Crippen LogP contribution in [0.4, 0.5) is 4.79 Å². The van der Waals surface area contributed by atoms with Gasteiger partial charge in [-0.15, -0.1) is 0 Å². The van der Waals surface area contributed by atoms with Crippen molar-refractivity contribution in [3.05, 3.63) is 29.3 Å². The van der Waals surface area contributed by atoms with Crippen LogP contribution >= 0.6 is 0 Å². The van der Waals surface area contributed by atoms with E-state index in [4.69, 9.17) is 0 Å². The maximum absolute atomic E-state index is 10.9. The van der Waals surface area contributed by atoms with Crippen LogP contribution in [0.3, 0.4) is 0 Å². The van der Waals surface area contributed by atoms with Crippen molar-refractivity contribution in [1.82, 2.24) is 10.6 Å². The number of hydrogen-bond acceptors (Lipinski definition) is 2. The summed E-state index contributed by atoms with van der Waals surface area (Å²) in [5.41, 5.74) is 1.59. The molecule has 1 fully saturated rings. The van der Waals surface area contributed by atoms with E-state index in [1.807, 2.05) is 25.1 Å². The summed E-state index contributed by atoms with van der Waals surface area (Å²) in [7, 11) is 0. The number of nitrogens with one attached hydrogen (secondary N) is 2. The molecular formula is C10H12N2O2. The van der Waals surface area contributed by atoms with Gasteiger partial charge in [-0.1, -0.05) is 18.2 Å². The third-order valence-electron chi connectivity index (χ3n) is 2.42. The van der Waals surface area contributed by atoms with Gasteiger partial charge in [-0.25, -0.2) is 4.79 Å². The maximum Gasteiger partial charge on any atom is 0.315 e. The van der Waals surface area contributed by atoms with E-state index in [9.17, 15) is 9.90 Å². The number of urea groups is 1. The number of phenols is 1. The highest BCUT2D eigenvalue weighted by Gasteiger charge is 2.24. The van der Waals surface area contributed by atoms with Crippen molar-refractivity contribution in [3.63, 3.8) is 0 Å². The summed E-state index contributed by atoms with van der Waals surface area (Å²) in [4.78, 5) is 10.9. The standard InChI is InChI=1S/C10H12N2O2/c1-6-3-2-4-7(9(6)13)8-5-11-10(14)12-8/h2-4,8,13H,5H2,1H3,(H2,11,12,14)/t8-/m0/s1. The molecule has 2 amide bonds. The number of carbonyl (C=O) groups excluding carboxylic acids is 1. The molecule has 0 aliphatic carbocycles. The molecule has 2 rings (SSSR count). The first-order valence-electron chi connectivity index (χ1n) is 4.51. The molecule has 1 saturated heterocycles. The fraction of sp³-hybridized carbons (Fsp3) is 0.300. The Kier molecular flexibility index (Phi) is 2.04. The average Bonchev–Trinajstić information content (AvgIpc) is 2.57. The number of para-hydroxylation sites is 1. The van der Waals surface area contributed by atoms with E-state index in [-0.39, 0.29) is 17.8 Å². The molecule has 14 heavy (non-hydrogen) atoms. The Bertz CT molecular complexity index is 376. The first-order valence-corrected chi connectivity index (χ1v) is 4.51. The fourth-order valence-corrected chi connectivity index (χ4v) is 1.61. The van der Waals surface area contributed by atoms with Gasteiger partial charge in [-0.05, 0) is 12.5 Å². The summed E-state index contributed by atoms with van der Waals surface area (Å²) in [5, 5.41) is 15.1. The Balaban J connectivity index is 2.32. The van der Waals surface area contributed by atoms with E-state index in [0.717, 1.165) is 11.1 Å². The molecule has 1 aliphatic rings. The van der Waals surface area contributed by atoms with E-state index >= 15 is 0 Å². The van der Waals surface area contributed by atoms with Gasteiger partial charge in [0.1, 0.15) is 5.75 Å². The number of benzene rings is 1. The summed E-state index contributed by atoms with van der Waals surface area (Å²) in [6.07, 6.45) is 0. The van der Waals surface area contributed by atoms with E-state index < -0.39 is 0 Å². The molecule has 0 aromatic heterocycles. The van der Waals surface area contributed by atoms with Crippen LogP contribution < -0.4 is 10.6 Å². The van der Waals surface area contributed by atoms with Gasteiger partial charge < -0.3 is 15.7 Å². The van der Waals surface area contributed by atoms with E-state index in [1.165, 1.54) is 0 Å². The Morgan fingerprint density at radius 3 is 2.93 bits per heavy atom. The van der Waals surface area contributed by atoms with E-state index in [1.54, 1.807) is 0 Å². The number of rotatable bonds is 1. The van der Waals surface area contributed by atoms with Crippen molar-refractivity contribution in [1.29, 1.82) is 0 Å². The third-order valence-corrected chi connectivity index (χ3v) is 2.42. The Labute approximate surface area is 81.9 Å². The Morgan fingerprint density at radius 1 is 1.50 bits per heavy atom. The predicted octanol–water partition coefficient (Wildman–Crippen LogP) is 1.05. The highest BCUT2D eigenvalue weighted by Crippen LogP contribution is 2.28. The summed E-state index contributed by atoms with van der Waals surface area (Å²) in [6.45, 7) is 2.36. The SMILES string of the molecule is Cc1cccc([C@@H]2CNC(=O)N2)c1O. The Hall–Kier alpha value is -1.71. The zero-order chi connectivity index (χ0) is 10.1. The molecule has 3 N–H and O–H groups in total. The van der Waals surface area contributed by atoms with Crippen molar-refractivity contribution in [2.75, 3.05) is 6.54 Å². The number of phenolic OH excluding ortho intramolecular Hbond substituents is 1. The lowest BCUT2D eigenvalue weighted by Crippen LogP contribution is -2.21. The van der Waals surface area contributed by atoms with Crippen molar-refractivity contribution < 1.29 is 9.90 Å². The Morgan fingerprint density at radius 2 is 2.29 bits per heavy atom. The van der Waals surface area contributed by atoms with E-state index in [2.05, 4.69) is 10.6 Å². The summed E-state index contributed by atoms with van der Waals surface area (Å²) < 4.78 is 0. The lowest BCUT2D eigenvalue weighted by atomic mass is 10.0. The van der Waals surface area contributed by atoms with Crippen LogP contribution in [-0.4, -0.2) is 17.7 Å². The smallest absolute Gasteiger partial charge is 0.315 e. The molecule has 1 heterocycles. The molecular weight excluding hydrogens is 180 g/mol. The zero-order valence-electron chi connectivity index (χ0n) is 7.87. The fourth-order valence-electron chi connectivity index (χ4n) is 1.61. The van der Waals surface area contributed by atoms with Gasteiger partial charge in [0.25, 0.3) is 0 Å².